The Balaban J connectivity index is 2.27. The number of hydrogen-bond donors (Lipinski definition) is 1. The molecule has 2 heteroatoms. The molecule has 0 aliphatic heterocycles. The van der Waals surface area contributed by atoms with Crippen molar-refractivity contribution in [3.05, 3.63) is 29.3 Å². The molecule has 1 aliphatic carbocycles. The van der Waals surface area contributed by atoms with Crippen molar-refractivity contribution in [3.63, 3.8) is 0 Å². The highest BCUT2D eigenvalue weighted by molar-refractivity contribution is 5.41. The molecule has 0 saturated carbocycles. The van der Waals surface area contributed by atoms with Gasteiger partial charge in [-0.2, -0.15) is 0 Å². The summed E-state index contributed by atoms with van der Waals surface area (Å²) in [5.74, 6) is 1.49. The topological polar surface area (TPSA) is 35.2 Å². The third-order valence-electron chi connectivity index (χ3n) is 3.00. The first-order valence-corrected chi connectivity index (χ1v) is 5.63. The van der Waals surface area contributed by atoms with Gasteiger partial charge in [0.1, 0.15) is 5.75 Å². The van der Waals surface area contributed by atoms with Crippen molar-refractivity contribution in [1.82, 2.24) is 0 Å². The summed E-state index contributed by atoms with van der Waals surface area (Å²) in [6, 6.07) is 6.47. The third-order valence-corrected chi connectivity index (χ3v) is 3.00. The first-order chi connectivity index (χ1) is 7.08. The number of rotatable bonds is 2. The molecule has 1 aromatic rings. The van der Waals surface area contributed by atoms with Crippen LogP contribution < -0.4 is 10.5 Å². The van der Waals surface area contributed by atoms with Crippen LogP contribution in [0.4, 0.5) is 0 Å². The average molecular weight is 205 g/mol. The van der Waals surface area contributed by atoms with Crippen LogP contribution in [0.3, 0.4) is 0 Å². The Morgan fingerprint density at radius 1 is 1.40 bits per heavy atom. The van der Waals surface area contributed by atoms with E-state index in [2.05, 4.69) is 19.1 Å². The summed E-state index contributed by atoms with van der Waals surface area (Å²) >= 11 is 0. The summed E-state index contributed by atoms with van der Waals surface area (Å²) in [6.45, 7) is 6.28. The lowest BCUT2D eigenvalue weighted by Gasteiger charge is -2.13. The smallest absolute Gasteiger partial charge is 0.120 e. The Hall–Kier alpha value is -1.02. The van der Waals surface area contributed by atoms with Crippen molar-refractivity contribution in [3.8, 4) is 5.75 Å². The number of hydrogen-bond acceptors (Lipinski definition) is 2. The van der Waals surface area contributed by atoms with E-state index in [4.69, 9.17) is 10.5 Å². The Morgan fingerprint density at radius 2 is 2.13 bits per heavy atom. The zero-order chi connectivity index (χ0) is 11.0. The van der Waals surface area contributed by atoms with Gasteiger partial charge in [-0.05, 0) is 49.4 Å². The molecule has 2 N–H and O–H groups in total. The fourth-order valence-electron chi connectivity index (χ4n) is 2.20. The summed E-state index contributed by atoms with van der Waals surface area (Å²) in [6.07, 6.45) is 1.32. The van der Waals surface area contributed by atoms with Gasteiger partial charge >= 0.3 is 0 Å². The summed E-state index contributed by atoms with van der Waals surface area (Å²) in [4.78, 5) is 0. The van der Waals surface area contributed by atoms with Crippen LogP contribution in [0.2, 0.25) is 0 Å². The molecule has 2 atom stereocenters. The number of ether oxygens (including phenoxy) is 1. The molecule has 0 bridgehead atoms. The Morgan fingerprint density at radius 3 is 2.80 bits per heavy atom. The minimum absolute atomic E-state index is 0.177. The monoisotopic (exact) mass is 205 g/mol. The number of nitrogens with two attached hydrogens (primary N) is 1. The van der Waals surface area contributed by atoms with Gasteiger partial charge in [0.05, 0.1) is 6.10 Å². The quantitative estimate of drug-likeness (QED) is 0.805. The van der Waals surface area contributed by atoms with Crippen molar-refractivity contribution in [1.29, 1.82) is 0 Å². The predicted octanol–water partition coefficient (Wildman–Crippen LogP) is 2.67. The van der Waals surface area contributed by atoms with Gasteiger partial charge in [0.15, 0.2) is 0 Å². The second-order valence-electron chi connectivity index (χ2n) is 4.73. The lowest BCUT2D eigenvalue weighted by molar-refractivity contribution is 0.242. The predicted molar refractivity (Wildman–Crippen MR) is 62.0 cm³/mol. The summed E-state index contributed by atoms with van der Waals surface area (Å²) in [5, 5.41) is 0. The van der Waals surface area contributed by atoms with E-state index in [1.54, 1.807) is 0 Å². The van der Waals surface area contributed by atoms with E-state index in [0.29, 0.717) is 5.92 Å². The zero-order valence-corrected chi connectivity index (χ0v) is 9.66. The first kappa shape index (κ1) is 10.5. The van der Waals surface area contributed by atoms with E-state index in [1.807, 2.05) is 19.9 Å². The second kappa shape index (κ2) is 3.86. The van der Waals surface area contributed by atoms with Crippen LogP contribution in [0.5, 0.6) is 5.75 Å². The largest absolute Gasteiger partial charge is 0.491 e. The van der Waals surface area contributed by atoms with Gasteiger partial charge in [-0.3, -0.25) is 0 Å². The molecule has 2 nitrogen and oxygen atoms in total. The molecule has 0 aromatic heterocycles. The average Bonchev–Trinajstić information content (AvgIpc) is 2.43. The summed E-state index contributed by atoms with van der Waals surface area (Å²) < 4.78 is 5.67. The molecule has 0 saturated heterocycles. The van der Waals surface area contributed by atoms with Crippen LogP contribution in [0.25, 0.3) is 0 Å². The maximum absolute atomic E-state index is 6.13. The molecule has 15 heavy (non-hydrogen) atoms. The summed E-state index contributed by atoms with van der Waals surface area (Å²) in [5.41, 5.74) is 8.78. The van der Waals surface area contributed by atoms with Crippen LogP contribution in [0, 0.1) is 5.92 Å². The van der Waals surface area contributed by atoms with E-state index in [1.165, 1.54) is 11.1 Å². The SMILES string of the molecule is CC(C)Oc1ccc2c(c1)C(N)C(C)C2. The number of fused-ring (bicyclic) bond motifs is 1. The molecule has 0 fully saturated rings. The highest BCUT2D eigenvalue weighted by Gasteiger charge is 2.26. The van der Waals surface area contributed by atoms with Crippen LogP contribution in [-0.2, 0) is 6.42 Å². The molecule has 82 valence electrons. The van der Waals surface area contributed by atoms with Gasteiger partial charge in [-0.15, -0.1) is 0 Å². The van der Waals surface area contributed by atoms with Gasteiger partial charge < -0.3 is 10.5 Å². The van der Waals surface area contributed by atoms with Gasteiger partial charge in [0.25, 0.3) is 0 Å². The molecular weight excluding hydrogens is 186 g/mol. The van der Waals surface area contributed by atoms with E-state index in [0.717, 1.165) is 12.2 Å². The normalized spacial score (nSPS) is 24.3. The van der Waals surface area contributed by atoms with Crippen LogP contribution in [0.15, 0.2) is 18.2 Å². The molecule has 1 aromatic carbocycles. The minimum Gasteiger partial charge on any atom is -0.491 e. The lowest BCUT2D eigenvalue weighted by Crippen LogP contribution is -2.14. The standard InChI is InChI=1S/C13H19NO/c1-8(2)15-11-5-4-10-6-9(3)13(14)12(10)7-11/h4-5,7-9,13H,6,14H2,1-3H3. The van der Waals surface area contributed by atoms with Crippen molar-refractivity contribution in [2.75, 3.05) is 0 Å². The first-order valence-electron chi connectivity index (χ1n) is 5.63. The molecule has 0 amide bonds. The van der Waals surface area contributed by atoms with Crippen molar-refractivity contribution in [2.24, 2.45) is 11.7 Å². The van der Waals surface area contributed by atoms with E-state index < -0.39 is 0 Å². The Labute approximate surface area is 91.4 Å². The third kappa shape index (κ3) is 2.00. The van der Waals surface area contributed by atoms with Crippen molar-refractivity contribution >= 4 is 0 Å². The maximum atomic E-state index is 6.13. The molecule has 2 rings (SSSR count). The van der Waals surface area contributed by atoms with Crippen molar-refractivity contribution in [2.45, 2.75) is 39.3 Å². The number of benzene rings is 1. The summed E-state index contributed by atoms with van der Waals surface area (Å²) in [7, 11) is 0. The lowest BCUT2D eigenvalue weighted by atomic mass is 10.0. The van der Waals surface area contributed by atoms with E-state index in [-0.39, 0.29) is 12.1 Å². The molecule has 2 unspecified atom stereocenters. The van der Waals surface area contributed by atoms with Gasteiger partial charge in [-0.1, -0.05) is 13.0 Å². The van der Waals surface area contributed by atoms with Gasteiger partial charge in [-0.25, -0.2) is 0 Å². The molecule has 0 heterocycles. The molecule has 0 spiro atoms. The highest BCUT2D eigenvalue weighted by atomic mass is 16.5. The van der Waals surface area contributed by atoms with E-state index in [9.17, 15) is 0 Å². The minimum atomic E-state index is 0.177. The highest BCUT2D eigenvalue weighted by Crippen LogP contribution is 2.36. The molecule has 0 radical (unpaired) electrons. The second-order valence-corrected chi connectivity index (χ2v) is 4.73. The van der Waals surface area contributed by atoms with Crippen LogP contribution >= 0.6 is 0 Å². The molecule has 1 aliphatic rings. The molecular formula is C13H19NO. The Bertz CT molecular complexity index is 360. The van der Waals surface area contributed by atoms with Crippen LogP contribution in [0.1, 0.15) is 37.9 Å². The fraction of sp³-hybridized carbons (Fsp3) is 0.538. The maximum Gasteiger partial charge on any atom is 0.120 e. The van der Waals surface area contributed by atoms with Crippen molar-refractivity contribution < 1.29 is 4.74 Å². The fourth-order valence-corrected chi connectivity index (χ4v) is 2.20. The van der Waals surface area contributed by atoms with Crippen LogP contribution in [-0.4, -0.2) is 6.10 Å². The van der Waals surface area contributed by atoms with Gasteiger partial charge in [0.2, 0.25) is 0 Å². The Kier molecular flexibility index (Phi) is 2.70. The zero-order valence-electron chi connectivity index (χ0n) is 9.66. The van der Waals surface area contributed by atoms with E-state index >= 15 is 0 Å². The van der Waals surface area contributed by atoms with Gasteiger partial charge in [0, 0.05) is 6.04 Å².